The molecule has 108 valence electrons. The molecular weight excluding hydrogens is 330 g/mol. The highest BCUT2D eigenvalue weighted by Crippen LogP contribution is 2.31. The molecule has 0 fully saturated rings. The lowest BCUT2D eigenvalue weighted by Crippen LogP contribution is -2.31. The molecule has 2 aromatic rings. The summed E-state index contributed by atoms with van der Waals surface area (Å²) < 4.78 is 0.947. The molecule has 0 aliphatic carbocycles. The van der Waals surface area contributed by atoms with E-state index in [1.165, 1.54) is 0 Å². The van der Waals surface area contributed by atoms with Crippen LogP contribution in [0.1, 0.15) is 29.2 Å². The summed E-state index contributed by atoms with van der Waals surface area (Å²) in [5.41, 5.74) is 3.76. The topological polar surface area (TPSA) is 40.5 Å². The summed E-state index contributed by atoms with van der Waals surface area (Å²) in [7, 11) is 1.80. The molecule has 0 saturated carbocycles. The van der Waals surface area contributed by atoms with Crippen LogP contribution in [-0.2, 0) is 11.2 Å². The standard InChI is InChI=1S/C17H16BrNO2/c1-19-15-7-5-13(9-11(15)6-8-16(19)20)17(21)12-3-2-4-14(18)10-12/h2-5,7,9-10,17,21H,6,8H2,1H3. The highest BCUT2D eigenvalue weighted by molar-refractivity contribution is 9.10. The van der Waals surface area contributed by atoms with Crippen LogP contribution in [0.4, 0.5) is 5.69 Å². The second-order valence-corrected chi connectivity index (χ2v) is 6.21. The number of aryl methyl sites for hydroxylation is 1. The van der Waals surface area contributed by atoms with Crippen LogP contribution >= 0.6 is 15.9 Å². The third-order valence-electron chi connectivity index (χ3n) is 3.93. The molecule has 3 rings (SSSR count). The predicted molar refractivity (Wildman–Crippen MR) is 86.4 cm³/mol. The molecule has 1 aliphatic rings. The van der Waals surface area contributed by atoms with Gasteiger partial charge in [0.15, 0.2) is 0 Å². The molecule has 2 aromatic carbocycles. The summed E-state index contributed by atoms with van der Waals surface area (Å²) >= 11 is 3.42. The summed E-state index contributed by atoms with van der Waals surface area (Å²) in [6, 6.07) is 13.5. The number of benzene rings is 2. The van der Waals surface area contributed by atoms with Gasteiger partial charge in [-0.05, 0) is 41.3 Å². The first kappa shape index (κ1) is 14.3. The summed E-state index contributed by atoms with van der Waals surface area (Å²) in [6.07, 6.45) is 0.605. The van der Waals surface area contributed by atoms with E-state index in [1.54, 1.807) is 11.9 Å². The van der Waals surface area contributed by atoms with Crippen LogP contribution in [0, 0.1) is 0 Å². The zero-order chi connectivity index (χ0) is 15.0. The van der Waals surface area contributed by atoms with Gasteiger partial charge in [-0.1, -0.05) is 40.2 Å². The monoisotopic (exact) mass is 345 g/mol. The van der Waals surface area contributed by atoms with Crippen LogP contribution in [0.3, 0.4) is 0 Å². The number of amides is 1. The van der Waals surface area contributed by atoms with Crippen molar-refractivity contribution in [3.05, 3.63) is 63.6 Å². The Bertz CT molecular complexity index is 699. The van der Waals surface area contributed by atoms with E-state index >= 15 is 0 Å². The summed E-state index contributed by atoms with van der Waals surface area (Å²) in [5, 5.41) is 10.5. The molecule has 1 heterocycles. The van der Waals surface area contributed by atoms with Gasteiger partial charge in [0.25, 0.3) is 0 Å². The quantitative estimate of drug-likeness (QED) is 0.905. The van der Waals surface area contributed by atoms with Crippen molar-refractivity contribution in [1.82, 2.24) is 0 Å². The Kier molecular flexibility index (Phi) is 3.83. The normalized spacial score (nSPS) is 15.8. The van der Waals surface area contributed by atoms with Crippen molar-refractivity contribution >= 4 is 27.5 Å². The average Bonchev–Trinajstić information content (AvgIpc) is 2.50. The largest absolute Gasteiger partial charge is 0.384 e. The van der Waals surface area contributed by atoms with Crippen molar-refractivity contribution < 1.29 is 9.90 Å². The number of rotatable bonds is 2. The zero-order valence-corrected chi connectivity index (χ0v) is 13.3. The van der Waals surface area contributed by atoms with Crippen molar-refractivity contribution in [2.75, 3.05) is 11.9 Å². The van der Waals surface area contributed by atoms with Gasteiger partial charge in [0.2, 0.25) is 5.91 Å². The van der Waals surface area contributed by atoms with Gasteiger partial charge < -0.3 is 10.0 Å². The molecule has 1 unspecified atom stereocenters. The fourth-order valence-electron chi connectivity index (χ4n) is 2.72. The summed E-state index contributed by atoms with van der Waals surface area (Å²) in [4.78, 5) is 13.4. The minimum Gasteiger partial charge on any atom is -0.384 e. The maximum Gasteiger partial charge on any atom is 0.227 e. The fraction of sp³-hybridized carbons (Fsp3) is 0.235. The van der Waals surface area contributed by atoms with Gasteiger partial charge in [-0.3, -0.25) is 4.79 Å². The highest BCUT2D eigenvalue weighted by atomic mass is 79.9. The predicted octanol–water partition coefficient (Wildman–Crippen LogP) is 3.44. The molecule has 1 amide bonds. The van der Waals surface area contributed by atoms with E-state index in [-0.39, 0.29) is 5.91 Å². The third-order valence-corrected chi connectivity index (χ3v) is 4.42. The highest BCUT2D eigenvalue weighted by Gasteiger charge is 2.22. The first-order valence-corrected chi connectivity index (χ1v) is 7.68. The maximum absolute atomic E-state index is 11.7. The zero-order valence-electron chi connectivity index (χ0n) is 11.7. The number of nitrogens with zero attached hydrogens (tertiary/aromatic N) is 1. The Morgan fingerprint density at radius 2 is 1.90 bits per heavy atom. The number of hydrogen-bond acceptors (Lipinski definition) is 2. The number of anilines is 1. The number of carbonyl (C=O) groups is 1. The molecule has 0 spiro atoms. The Morgan fingerprint density at radius 1 is 1.14 bits per heavy atom. The Morgan fingerprint density at radius 3 is 2.67 bits per heavy atom. The molecule has 0 saturated heterocycles. The lowest BCUT2D eigenvalue weighted by atomic mass is 9.95. The van der Waals surface area contributed by atoms with Crippen molar-refractivity contribution in [3.63, 3.8) is 0 Å². The summed E-state index contributed by atoms with van der Waals surface area (Å²) in [5.74, 6) is 0.141. The van der Waals surface area contributed by atoms with Gasteiger partial charge in [0.1, 0.15) is 6.10 Å². The molecule has 4 heteroatoms. The van der Waals surface area contributed by atoms with E-state index in [1.807, 2.05) is 42.5 Å². The third kappa shape index (κ3) is 2.74. The van der Waals surface area contributed by atoms with Crippen LogP contribution in [0.2, 0.25) is 0 Å². The first-order chi connectivity index (χ1) is 10.1. The van der Waals surface area contributed by atoms with Crippen LogP contribution in [-0.4, -0.2) is 18.1 Å². The molecule has 1 atom stereocenters. The van der Waals surface area contributed by atoms with E-state index < -0.39 is 6.10 Å². The minimum atomic E-state index is -0.657. The molecule has 0 radical (unpaired) electrons. The van der Waals surface area contributed by atoms with Crippen LogP contribution in [0.5, 0.6) is 0 Å². The molecular formula is C17H16BrNO2. The van der Waals surface area contributed by atoms with Gasteiger partial charge in [-0.25, -0.2) is 0 Å². The Hall–Kier alpha value is -1.65. The van der Waals surface area contributed by atoms with Gasteiger partial charge in [0.05, 0.1) is 0 Å². The lowest BCUT2D eigenvalue weighted by Gasteiger charge is -2.26. The molecule has 0 aromatic heterocycles. The van der Waals surface area contributed by atoms with Gasteiger partial charge in [-0.2, -0.15) is 0 Å². The number of fused-ring (bicyclic) bond motifs is 1. The first-order valence-electron chi connectivity index (χ1n) is 6.89. The Labute approximate surface area is 132 Å². The molecule has 1 aliphatic heterocycles. The molecule has 1 N–H and O–H groups in total. The van der Waals surface area contributed by atoms with Crippen LogP contribution in [0.15, 0.2) is 46.9 Å². The van der Waals surface area contributed by atoms with E-state index in [2.05, 4.69) is 15.9 Å². The van der Waals surface area contributed by atoms with E-state index in [4.69, 9.17) is 0 Å². The second-order valence-electron chi connectivity index (χ2n) is 5.30. The number of halogens is 1. The van der Waals surface area contributed by atoms with Gasteiger partial charge in [0, 0.05) is 23.6 Å². The SMILES string of the molecule is CN1C(=O)CCc2cc(C(O)c3cccc(Br)c3)ccc21. The van der Waals surface area contributed by atoms with Crippen molar-refractivity contribution in [1.29, 1.82) is 0 Å². The van der Waals surface area contributed by atoms with E-state index in [0.29, 0.717) is 6.42 Å². The van der Waals surface area contributed by atoms with E-state index in [9.17, 15) is 9.90 Å². The number of aliphatic hydroxyl groups is 1. The van der Waals surface area contributed by atoms with Crippen molar-refractivity contribution in [2.24, 2.45) is 0 Å². The van der Waals surface area contributed by atoms with Crippen LogP contribution in [0.25, 0.3) is 0 Å². The maximum atomic E-state index is 11.7. The molecule has 3 nitrogen and oxygen atoms in total. The smallest absolute Gasteiger partial charge is 0.227 e. The number of hydrogen-bond donors (Lipinski definition) is 1. The fourth-order valence-corrected chi connectivity index (χ4v) is 3.13. The van der Waals surface area contributed by atoms with Crippen molar-refractivity contribution in [3.8, 4) is 0 Å². The lowest BCUT2D eigenvalue weighted by molar-refractivity contribution is -0.118. The number of carbonyl (C=O) groups excluding carboxylic acids is 1. The summed E-state index contributed by atoms with van der Waals surface area (Å²) in [6.45, 7) is 0. The second kappa shape index (κ2) is 5.62. The van der Waals surface area contributed by atoms with Crippen molar-refractivity contribution in [2.45, 2.75) is 18.9 Å². The number of aliphatic hydroxyl groups excluding tert-OH is 1. The van der Waals surface area contributed by atoms with Crippen LogP contribution < -0.4 is 4.90 Å². The molecule has 0 bridgehead atoms. The molecule has 21 heavy (non-hydrogen) atoms. The average molecular weight is 346 g/mol. The minimum absolute atomic E-state index is 0.141. The Balaban J connectivity index is 1.95. The van der Waals surface area contributed by atoms with Gasteiger partial charge in [-0.15, -0.1) is 0 Å². The van der Waals surface area contributed by atoms with E-state index in [0.717, 1.165) is 33.3 Å². The van der Waals surface area contributed by atoms with Gasteiger partial charge >= 0.3 is 0 Å².